The fourth-order valence-corrected chi connectivity index (χ4v) is 3.31. The molecule has 0 saturated heterocycles. The lowest BCUT2D eigenvalue weighted by atomic mass is 9.86. The number of amides is 1. The van der Waals surface area contributed by atoms with E-state index in [-0.39, 0.29) is 24.0 Å². The van der Waals surface area contributed by atoms with E-state index in [1.807, 2.05) is 0 Å². The third-order valence-electron chi connectivity index (χ3n) is 3.83. The van der Waals surface area contributed by atoms with Crippen molar-refractivity contribution in [3.05, 3.63) is 30.1 Å². The number of aliphatic carboxylic acids is 1. The quantitative estimate of drug-likeness (QED) is 0.793. The van der Waals surface area contributed by atoms with E-state index < -0.39 is 11.4 Å². The van der Waals surface area contributed by atoms with Gasteiger partial charge in [0.2, 0.25) is 5.91 Å². The minimum absolute atomic E-state index is 0.0800. The van der Waals surface area contributed by atoms with Gasteiger partial charge in [-0.05, 0) is 25.0 Å². The molecule has 1 amide bonds. The number of carbonyl (C=O) groups excluding carboxylic acids is 1. The molecule has 0 radical (unpaired) electrons. The van der Waals surface area contributed by atoms with Crippen LogP contribution >= 0.6 is 11.8 Å². The smallest absolute Gasteiger partial charge is 0.311 e. The standard InChI is InChI=1S/C15H18FNO3S/c16-11-5-1-2-6-12(11)21-9-13(18)17-10-15(14(19)20)7-3-4-8-15/h1-2,5-6H,3-4,7-10H2,(H,17,18)(H,19,20). The molecule has 21 heavy (non-hydrogen) atoms. The molecule has 0 atom stereocenters. The predicted molar refractivity (Wildman–Crippen MR) is 78.7 cm³/mol. The second kappa shape index (κ2) is 6.93. The molecule has 0 unspecified atom stereocenters. The molecule has 0 aliphatic heterocycles. The van der Waals surface area contributed by atoms with E-state index in [0.717, 1.165) is 24.6 Å². The monoisotopic (exact) mass is 311 g/mol. The highest BCUT2D eigenvalue weighted by Gasteiger charge is 2.41. The van der Waals surface area contributed by atoms with Crippen LogP contribution in [0.2, 0.25) is 0 Å². The van der Waals surface area contributed by atoms with Crippen LogP contribution in [-0.4, -0.2) is 29.3 Å². The largest absolute Gasteiger partial charge is 0.481 e. The molecule has 1 saturated carbocycles. The number of carboxylic acids is 1. The molecule has 0 spiro atoms. The molecule has 0 heterocycles. The Hall–Kier alpha value is -1.56. The van der Waals surface area contributed by atoms with Crippen LogP contribution in [0.5, 0.6) is 0 Å². The van der Waals surface area contributed by atoms with Gasteiger partial charge < -0.3 is 10.4 Å². The van der Waals surface area contributed by atoms with Gasteiger partial charge in [0, 0.05) is 11.4 Å². The Morgan fingerprint density at radius 2 is 1.95 bits per heavy atom. The minimum atomic E-state index is -0.845. The summed E-state index contributed by atoms with van der Waals surface area (Å²) in [6.45, 7) is 0.152. The normalized spacial score (nSPS) is 16.6. The number of rotatable bonds is 6. The minimum Gasteiger partial charge on any atom is -0.481 e. The van der Waals surface area contributed by atoms with Crippen molar-refractivity contribution in [1.82, 2.24) is 5.32 Å². The van der Waals surface area contributed by atoms with E-state index in [9.17, 15) is 19.1 Å². The van der Waals surface area contributed by atoms with Crippen LogP contribution in [0, 0.1) is 11.2 Å². The summed E-state index contributed by atoms with van der Waals surface area (Å²) in [5, 5.41) is 12.0. The first kappa shape index (κ1) is 15.8. The summed E-state index contributed by atoms with van der Waals surface area (Å²) < 4.78 is 13.4. The molecule has 0 aromatic heterocycles. The summed E-state index contributed by atoms with van der Waals surface area (Å²) in [4.78, 5) is 23.6. The summed E-state index contributed by atoms with van der Waals surface area (Å²) in [7, 11) is 0. The fraction of sp³-hybridized carbons (Fsp3) is 0.467. The molecule has 1 aliphatic carbocycles. The van der Waals surface area contributed by atoms with Crippen molar-refractivity contribution in [3.8, 4) is 0 Å². The third kappa shape index (κ3) is 3.97. The highest BCUT2D eigenvalue weighted by atomic mass is 32.2. The molecule has 1 aliphatic rings. The van der Waals surface area contributed by atoms with E-state index in [1.165, 1.54) is 6.07 Å². The van der Waals surface area contributed by atoms with Gasteiger partial charge in [-0.15, -0.1) is 11.8 Å². The zero-order chi connectivity index (χ0) is 15.3. The Morgan fingerprint density at radius 3 is 2.57 bits per heavy atom. The van der Waals surface area contributed by atoms with Gasteiger partial charge in [-0.2, -0.15) is 0 Å². The topological polar surface area (TPSA) is 66.4 Å². The van der Waals surface area contributed by atoms with E-state index in [1.54, 1.807) is 18.2 Å². The number of hydrogen-bond donors (Lipinski definition) is 2. The van der Waals surface area contributed by atoms with E-state index in [2.05, 4.69) is 5.32 Å². The second-order valence-electron chi connectivity index (χ2n) is 5.29. The molecular weight excluding hydrogens is 293 g/mol. The molecule has 114 valence electrons. The van der Waals surface area contributed by atoms with Crippen LogP contribution < -0.4 is 5.32 Å². The van der Waals surface area contributed by atoms with Gasteiger partial charge in [-0.3, -0.25) is 9.59 Å². The van der Waals surface area contributed by atoms with E-state index in [0.29, 0.717) is 17.7 Å². The maximum atomic E-state index is 13.4. The lowest BCUT2D eigenvalue weighted by molar-refractivity contribution is -0.148. The Bertz CT molecular complexity index is 529. The van der Waals surface area contributed by atoms with Crippen LogP contribution in [0.1, 0.15) is 25.7 Å². The second-order valence-corrected chi connectivity index (χ2v) is 6.31. The van der Waals surface area contributed by atoms with Gasteiger partial charge in [0.25, 0.3) is 0 Å². The van der Waals surface area contributed by atoms with Crippen LogP contribution in [0.4, 0.5) is 4.39 Å². The van der Waals surface area contributed by atoms with Gasteiger partial charge in [0.05, 0.1) is 11.2 Å². The zero-order valence-electron chi connectivity index (χ0n) is 11.6. The molecule has 6 heteroatoms. The van der Waals surface area contributed by atoms with Crippen molar-refractivity contribution in [2.24, 2.45) is 5.41 Å². The van der Waals surface area contributed by atoms with E-state index in [4.69, 9.17) is 0 Å². The number of hydrogen-bond acceptors (Lipinski definition) is 3. The fourth-order valence-electron chi connectivity index (χ4n) is 2.54. The Balaban J connectivity index is 1.82. The van der Waals surface area contributed by atoms with Crippen molar-refractivity contribution < 1.29 is 19.1 Å². The molecule has 1 aromatic carbocycles. The van der Waals surface area contributed by atoms with Crippen molar-refractivity contribution in [1.29, 1.82) is 0 Å². The van der Waals surface area contributed by atoms with Gasteiger partial charge in [-0.25, -0.2) is 4.39 Å². The first-order valence-electron chi connectivity index (χ1n) is 6.91. The Labute approximate surface area is 127 Å². The number of halogens is 1. The summed E-state index contributed by atoms with van der Waals surface area (Å²) in [5.41, 5.74) is -0.821. The molecule has 2 rings (SSSR count). The lowest BCUT2D eigenvalue weighted by Gasteiger charge is -2.23. The summed E-state index contributed by atoms with van der Waals surface area (Å²) in [5.74, 6) is -1.39. The first-order valence-corrected chi connectivity index (χ1v) is 7.89. The van der Waals surface area contributed by atoms with Crippen LogP contribution in [0.3, 0.4) is 0 Å². The molecule has 2 N–H and O–H groups in total. The van der Waals surface area contributed by atoms with Crippen molar-refractivity contribution in [2.75, 3.05) is 12.3 Å². The zero-order valence-corrected chi connectivity index (χ0v) is 12.4. The van der Waals surface area contributed by atoms with Crippen molar-refractivity contribution in [2.45, 2.75) is 30.6 Å². The highest BCUT2D eigenvalue weighted by Crippen LogP contribution is 2.37. The molecule has 4 nitrogen and oxygen atoms in total. The van der Waals surface area contributed by atoms with Gasteiger partial charge in [-0.1, -0.05) is 25.0 Å². The molecule has 1 fully saturated rings. The lowest BCUT2D eigenvalue weighted by Crippen LogP contribution is -2.41. The number of thioether (sulfide) groups is 1. The number of nitrogens with one attached hydrogen (secondary N) is 1. The maximum absolute atomic E-state index is 13.4. The summed E-state index contributed by atoms with van der Waals surface area (Å²) in [6.07, 6.45) is 2.96. The van der Waals surface area contributed by atoms with Gasteiger partial charge in [0.15, 0.2) is 0 Å². The van der Waals surface area contributed by atoms with Gasteiger partial charge in [0.1, 0.15) is 5.82 Å². The Kier molecular flexibility index (Phi) is 5.22. The van der Waals surface area contributed by atoms with Crippen LogP contribution in [-0.2, 0) is 9.59 Å². The van der Waals surface area contributed by atoms with Gasteiger partial charge >= 0.3 is 5.97 Å². The highest BCUT2D eigenvalue weighted by molar-refractivity contribution is 8.00. The summed E-state index contributed by atoms with van der Waals surface area (Å²) >= 11 is 1.11. The number of carboxylic acid groups (broad SMARTS) is 1. The number of carbonyl (C=O) groups is 2. The number of benzene rings is 1. The predicted octanol–water partition coefficient (Wildman–Crippen LogP) is 2.68. The van der Waals surface area contributed by atoms with Crippen molar-refractivity contribution >= 4 is 23.6 Å². The maximum Gasteiger partial charge on any atom is 0.311 e. The SMILES string of the molecule is O=C(CSc1ccccc1F)NCC1(C(=O)O)CCCC1. The average Bonchev–Trinajstić information content (AvgIpc) is 2.94. The van der Waals surface area contributed by atoms with Crippen LogP contribution in [0.15, 0.2) is 29.2 Å². The molecular formula is C15H18FNO3S. The van der Waals surface area contributed by atoms with E-state index >= 15 is 0 Å². The Morgan fingerprint density at radius 1 is 1.29 bits per heavy atom. The summed E-state index contributed by atoms with van der Waals surface area (Å²) in [6, 6.07) is 6.26. The molecule has 1 aromatic rings. The van der Waals surface area contributed by atoms with Crippen LogP contribution in [0.25, 0.3) is 0 Å². The average molecular weight is 311 g/mol. The van der Waals surface area contributed by atoms with Crippen molar-refractivity contribution in [3.63, 3.8) is 0 Å². The molecule has 0 bridgehead atoms. The first-order chi connectivity index (χ1) is 10.0. The third-order valence-corrected chi connectivity index (χ3v) is 4.88.